The average molecular weight is 183 g/mol. The number of nitrogens with zero attached hydrogens (tertiary/aromatic N) is 1. The molecule has 1 aromatic carbocycles. The van der Waals surface area contributed by atoms with Gasteiger partial charge in [0.1, 0.15) is 5.82 Å². The molecule has 0 heterocycles. The van der Waals surface area contributed by atoms with E-state index in [1.807, 2.05) is 0 Å². The minimum absolute atomic E-state index is 0.0774. The normalized spacial score (nSPS) is 9.69. The molecular weight excluding hydrogens is 177 g/mol. The van der Waals surface area contributed by atoms with E-state index in [0.717, 1.165) is 18.2 Å². The van der Waals surface area contributed by atoms with E-state index in [-0.39, 0.29) is 5.56 Å². The molecule has 0 spiro atoms. The highest BCUT2D eigenvalue weighted by molar-refractivity contribution is 5.97. The first-order chi connectivity index (χ1) is 6.02. The number of nitro groups is 1. The summed E-state index contributed by atoms with van der Waals surface area (Å²) >= 11 is 0. The summed E-state index contributed by atoms with van der Waals surface area (Å²) in [7, 11) is 0. The number of nitro benzene ring substituents is 1. The molecule has 0 atom stereocenters. The smallest absolute Gasteiger partial charge is 0.283 e. The third-order valence-corrected chi connectivity index (χ3v) is 1.54. The Balaban J connectivity index is 3.35. The Kier molecular flexibility index (Phi) is 2.36. The highest BCUT2D eigenvalue weighted by Crippen LogP contribution is 2.19. The molecule has 0 fully saturated rings. The third-order valence-electron chi connectivity index (χ3n) is 1.54. The lowest BCUT2D eigenvalue weighted by Crippen LogP contribution is -2.00. The molecule has 0 aromatic heterocycles. The highest BCUT2D eigenvalue weighted by Gasteiger charge is 2.17. The SMILES string of the molecule is CC(=O)c1ccc(F)cc1[N+](=O)[O-]. The van der Waals surface area contributed by atoms with Gasteiger partial charge in [0.15, 0.2) is 5.78 Å². The van der Waals surface area contributed by atoms with Gasteiger partial charge >= 0.3 is 0 Å². The summed E-state index contributed by atoms with van der Waals surface area (Å²) in [6, 6.07) is 2.86. The van der Waals surface area contributed by atoms with Crippen LogP contribution in [0.2, 0.25) is 0 Å². The molecule has 0 saturated carbocycles. The number of benzene rings is 1. The number of carbonyl (C=O) groups is 1. The maximum absolute atomic E-state index is 12.6. The predicted molar refractivity (Wildman–Crippen MR) is 43.1 cm³/mol. The van der Waals surface area contributed by atoms with Gasteiger partial charge in [-0.15, -0.1) is 0 Å². The van der Waals surface area contributed by atoms with Crippen molar-refractivity contribution in [2.45, 2.75) is 6.92 Å². The topological polar surface area (TPSA) is 60.2 Å². The maximum atomic E-state index is 12.6. The van der Waals surface area contributed by atoms with Crippen molar-refractivity contribution in [2.75, 3.05) is 0 Å². The molecular formula is C8H6FNO3. The second kappa shape index (κ2) is 3.30. The fraction of sp³-hybridized carbons (Fsp3) is 0.125. The number of halogens is 1. The molecule has 0 bridgehead atoms. The van der Waals surface area contributed by atoms with Crippen molar-refractivity contribution >= 4 is 11.5 Å². The average Bonchev–Trinajstić information content (AvgIpc) is 2.03. The molecule has 0 aliphatic carbocycles. The van der Waals surface area contributed by atoms with Gasteiger partial charge < -0.3 is 0 Å². The van der Waals surface area contributed by atoms with Gasteiger partial charge in [0.2, 0.25) is 0 Å². The third kappa shape index (κ3) is 1.87. The second-order valence-electron chi connectivity index (χ2n) is 2.47. The highest BCUT2D eigenvalue weighted by atomic mass is 19.1. The number of hydrogen-bond acceptors (Lipinski definition) is 3. The summed E-state index contributed by atoms with van der Waals surface area (Å²) in [6.45, 7) is 1.19. The van der Waals surface area contributed by atoms with E-state index in [1.54, 1.807) is 0 Å². The van der Waals surface area contributed by atoms with Crippen LogP contribution in [-0.4, -0.2) is 10.7 Å². The lowest BCUT2D eigenvalue weighted by molar-refractivity contribution is -0.385. The van der Waals surface area contributed by atoms with Crippen molar-refractivity contribution < 1.29 is 14.1 Å². The quantitative estimate of drug-likeness (QED) is 0.400. The van der Waals surface area contributed by atoms with E-state index in [9.17, 15) is 19.3 Å². The van der Waals surface area contributed by atoms with Crippen molar-refractivity contribution in [2.24, 2.45) is 0 Å². The largest absolute Gasteiger partial charge is 0.294 e. The molecule has 1 rings (SSSR count). The fourth-order valence-electron chi connectivity index (χ4n) is 0.954. The molecule has 0 radical (unpaired) electrons. The van der Waals surface area contributed by atoms with Crippen molar-refractivity contribution in [3.05, 3.63) is 39.7 Å². The summed E-state index contributed by atoms with van der Waals surface area (Å²) in [5.41, 5.74) is -0.570. The first kappa shape index (κ1) is 9.31. The van der Waals surface area contributed by atoms with Gasteiger partial charge in [-0.3, -0.25) is 14.9 Å². The van der Waals surface area contributed by atoms with Gasteiger partial charge in [0, 0.05) is 0 Å². The number of Topliss-reactive ketones (excluding diaryl/α,β-unsaturated/α-hetero) is 1. The molecule has 0 N–H and O–H groups in total. The van der Waals surface area contributed by atoms with Gasteiger partial charge in [-0.05, 0) is 19.1 Å². The van der Waals surface area contributed by atoms with Gasteiger partial charge in [-0.1, -0.05) is 0 Å². The Bertz CT molecular complexity index is 376. The molecule has 0 saturated heterocycles. The molecule has 13 heavy (non-hydrogen) atoms. The summed E-state index contributed by atoms with van der Waals surface area (Å²) < 4.78 is 12.6. The van der Waals surface area contributed by atoms with Crippen LogP contribution in [0.1, 0.15) is 17.3 Å². The number of ketones is 1. The monoisotopic (exact) mass is 183 g/mol. The van der Waals surface area contributed by atoms with Crippen LogP contribution in [0, 0.1) is 15.9 Å². The van der Waals surface area contributed by atoms with E-state index < -0.39 is 22.2 Å². The number of hydrogen-bond donors (Lipinski definition) is 0. The van der Waals surface area contributed by atoms with E-state index in [0.29, 0.717) is 0 Å². The summed E-state index contributed by atoms with van der Waals surface area (Å²) in [6.07, 6.45) is 0. The Labute approximate surface area is 73.1 Å². The summed E-state index contributed by atoms with van der Waals surface area (Å²) in [5, 5.41) is 10.4. The van der Waals surface area contributed by atoms with E-state index >= 15 is 0 Å². The number of carbonyl (C=O) groups excluding carboxylic acids is 1. The van der Waals surface area contributed by atoms with Crippen LogP contribution in [0.5, 0.6) is 0 Å². The molecule has 0 aliphatic rings. The van der Waals surface area contributed by atoms with Crippen LogP contribution in [0.25, 0.3) is 0 Å². The minimum Gasteiger partial charge on any atom is -0.294 e. The second-order valence-corrected chi connectivity index (χ2v) is 2.47. The van der Waals surface area contributed by atoms with Crippen LogP contribution in [0.4, 0.5) is 10.1 Å². The molecule has 0 unspecified atom stereocenters. The molecule has 4 nitrogen and oxygen atoms in total. The van der Waals surface area contributed by atoms with Gasteiger partial charge in [-0.25, -0.2) is 4.39 Å². The predicted octanol–water partition coefficient (Wildman–Crippen LogP) is 1.94. The lowest BCUT2D eigenvalue weighted by Gasteiger charge is -1.97. The fourth-order valence-corrected chi connectivity index (χ4v) is 0.954. The zero-order valence-electron chi connectivity index (χ0n) is 6.78. The van der Waals surface area contributed by atoms with E-state index in [4.69, 9.17) is 0 Å². The van der Waals surface area contributed by atoms with Gasteiger partial charge in [0.05, 0.1) is 16.6 Å². The first-order valence-corrected chi connectivity index (χ1v) is 3.47. The Morgan fingerprint density at radius 1 is 1.54 bits per heavy atom. The van der Waals surface area contributed by atoms with Crippen LogP contribution in [0.15, 0.2) is 18.2 Å². The van der Waals surface area contributed by atoms with Crippen molar-refractivity contribution in [3.63, 3.8) is 0 Å². The summed E-state index contributed by atoms with van der Waals surface area (Å²) in [5.74, 6) is -1.18. The van der Waals surface area contributed by atoms with E-state index in [1.165, 1.54) is 6.92 Å². The van der Waals surface area contributed by atoms with Gasteiger partial charge in [0.25, 0.3) is 5.69 Å². The van der Waals surface area contributed by atoms with Crippen molar-refractivity contribution in [3.8, 4) is 0 Å². The maximum Gasteiger partial charge on any atom is 0.283 e. The van der Waals surface area contributed by atoms with Crippen LogP contribution in [0.3, 0.4) is 0 Å². The van der Waals surface area contributed by atoms with Crippen molar-refractivity contribution in [1.82, 2.24) is 0 Å². The van der Waals surface area contributed by atoms with E-state index in [2.05, 4.69) is 0 Å². The Hall–Kier alpha value is -1.78. The molecule has 5 heteroatoms. The van der Waals surface area contributed by atoms with Crippen LogP contribution in [-0.2, 0) is 0 Å². The van der Waals surface area contributed by atoms with Gasteiger partial charge in [-0.2, -0.15) is 0 Å². The van der Waals surface area contributed by atoms with Crippen LogP contribution < -0.4 is 0 Å². The zero-order chi connectivity index (χ0) is 10.0. The molecule has 68 valence electrons. The van der Waals surface area contributed by atoms with Crippen LogP contribution >= 0.6 is 0 Å². The lowest BCUT2D eigenvalue weighted by atomic mass is 10.1. The Morgan fingerprint density at radius 3 is 2.62 bits per heavy atom. The zero-order valence-corrected chi connectivity index (χ0v) is 6.78. The standard InChI is InChI=1S/C8H6FNO3/c1-5(11)7-3-2-6(9)4-8(7)10(12)13/h2-4H,1H3. The Morgan fingerprint density at radius 2 is 2.15 bits per heavy atom. The molecule has 1 aromatic rings. The van der Waals surface area contributed by atoms with Crippen molar-refractivity contribution in [1.29, 1.82) is 0 Å². The summed E-state index contributed by atoms with van der Waals surface area (Å²) in [4.78, 5) is 20.4. The first-order valence-electron chi connectivity index (χ1n) is 3.47. The number of rotatable bonds is 2. The molecule has 0 amide bonds. The minimum atomic E-state index is -0.778. The molecule has 0 aliphatic heterocycles.